The molecule has 0 aromatic heterocycles. The number of hydrogen-bond acceptors (Lipinski definition) is 3. The van der Waals surface area contributed by atoms with E-state index in [1.807, 2.05) is 4.90 Å². The molecule has 6 heteroatoms. The largest absolute Gasteiger partial charge is 0.396 e. The van der Waals surface area contributed by atoms with E-state index in [1.54, 1.807) is 6.07 Å². The van der Waals surface area contributed by atoms with Crippen molar-refractivity contribution in [3.63, 3.8) is 0 Å². The van der Waals surface area contributed by atoms with Crippen LogP contribution in [0.1, 0.15) is 24.8 Å². The van der Waals surface area contributed by atoms with Gasteiger partial charge in [0.2, 0.25) is 5.91 Å². The molecule has 1 unspecified atom stereocenters. The highest BCUT2D eigenvalue weighted by atomic mass is 35.5. The standard InChI is InChI=1S/C18H24ClFN2O2/c19-17-10-15(20)4-3-14(17)9-18(24)22-7-6-21(11-13-1-2-13)16(12-22)5-8-23/h3-4,10,13,16,23H,1-2,5-9,11-12H2. The second-order valence-corrected chi connectivity index (χ2v) is 7.26. The van der Waals surface area contributed by atoms with E-state index in [0.717, 1.165) is 19.0 Å². The molecule has 2 aliphatic rings. The summed E-state index contributed by atoms with van der Waals surface area (Å²) in [6, 6.07) is 4.37. The number of carbonyl (C=O) groups is 1. The van der Waals surface area contributed by atoms with E-state index >= 15 is 0 Å². The van der Waals surface area contributed by atoms with Gasteiger partial charge in [0.1, 0.15) is 5.82 Å². The van der Waals surface area contributed by atoms with Crippen molar-refractivity contribution in [1.29, 1.82) is 0 Å². The maximum absolute atomic E-state index is 13.1. The van der Waals surface area contributed by atoms with Gasteiger partial charge in [-0.2, -0.15) is 0 Å². The summed E-state index contributed by atoms with van der Waals surface area (Å²) in [5.74, 6) is 0.414. The summed E-state index contributed by atoms with van der Waals surface area (Å²) in [4.78, 5) is 16.9. The topological polar surface area (TPSA) is 43.8 Å². The highest BCUT2D eigenvalue weighted by Gasteiger charge is 2.33. The number of halogens is 2. The van der Waals surface area contributed by atoms with E-state index < -0.39 is 5.82 Å². The minimum absolute atomic E-state index is 0.0116. The van der Waals surface area contributed by atoms with Gasteiger partial charge in [-0.15, -0.1) is 0 Å². The molecule has 4 nitrogen and oxygen atoms in total. The normalized spacial score (nSPS) is 22.0. The molecule has 1 aliphatic heterocycles. The van der Waals surface area contributed by atoms with Crippen molar-refractivity contribution in [1.82, 2.24) is 9.80 Å². The lowest BCUT2D eigenvalue weighted by Crippen LogP contribution is -2.55. The van der Waals surface area contributed by atoms with Crippen LogP contribution in [0.3, 0.4) is 0 Å². The molecule has 1 amide bonds. The molecule has 1 atom stereocenters. The Morgan fingerprint density at radius 1 is 1.33 bits per heavy atom. The van der Waals surface area contributed by atoms with Crippen molar-refractivity contribution >= 4 is 17.5 Å². The first-order valence-corrected chi connectivity index (χ1v) is 9.01. The average molecular weight is 355 g/mol. The zero-order valence-electron chi connectivity index (χ0n) is 13.8. The molecule has 2 fully saturated rings. The fraction of sp³-hybridized carbons (Fsp3) is 0.611. The predicted molar refractivity (Wildman–Crippen MR) is 91.5 cm³/mol. The van der Waals surface area contributed by atoms with E-state index in [4.69, 9.17) is 11.6 Å². The van der Waals surface area contributed by atoms with E-state index in [9.17, 15) is 14.3 Å². The lowest BCUT2D eigenvalue weighted by molar-refractivity contribution is -0.133. The molecule has 0 bridgehead atoms. The minimum atomic E-state index is -0.395. The van der Waals surface area contributed by atoms with Gasteiger partial charge in [-0.3, -0.25) is 9.69 Å². The maximum atomic E-state index is 13.1. The first-order valence-electron chi connectivity index (χ1n) is 8.63. The maximum Gasteiger partial charge on any atom is 0.227 e. The molecule has 1 saturated carbocycles. The Kier molecular flexibility index (Phi) is 5.74. The molecule has 1 N–H and O–H groups in total. The summed E-state index contributed by atoms with van der Waals surface area (Å²) in [6.45, 7) is 3.41. The first-order chi connectivity index (χ1) is 11.6. The number of aliphatic hydroxyl groups excluding tert-OH is 1. The number of aliphatic hydroxyl groups is 1. The van der Waals surface area contributed by atoms with E-state index in [1.165, 1.54) is 25.0 Å². The number of nitrogens with zero attached hydrogens (tertiary/aromatic N) is 2. The number of amides is 1. The van der Waals surface area contributed by atoms with Crippen molar-refractivity contribution in [2.45, 2.75) is 31.7 Å². The van der Waals surface area contributed by atoms with Gasteiger partial charge in [0.15, 0.2) is 0 Å². The molecule has 24 heavy (non-hydrogen) atoms. The highest BCUT2D eigenvalue weighted by molar-refractivity contribution is 6.31. The second-order valence-electron chi connectivity index (χ2n) is 6.86. The van der Waals surface area contributed by atoms with Crippen molar-refractivity contribution in [2.75, 3.05) is 32.8 Å². The molecule has 0 spiro atoms. The van der Waals surface area contributed by atoms with Crippen molar-refractivity contribution < 1.29 is 14.3 Å². The Hall–Kier alpha value is -1.17. The van der Waals surface area contributed by atoms with E-state index in [0.29, 0.717) is 30.1 Å². The fourth-order valence-electron chi connectivity index (χ4n) is 3.35. The molecular weight excluding hydrogens is 331 g/mol. The monoisotopic (exact) mass is 354 g/mol. The van der Waals surface area contributed by atoms with Crippen LogP contribution in [0.5, 0.6) is 0 Å². The van der Waals surface area contributed by atoms with Gasteiger partial charge >= 0.3 is 0 Å². The van der Waals surface area contributed by atoms with Crippen LogP contribution in [-0.4, -0.2) is 59.6 Å². The zero-order chi connectivity index (χ0) is 17.1. The third kappa shape index (κ3) is 4.47. The first kappa shape index (κ1) is 17.6. The SMILES string of the molecule is O=C(Cc1ccc(F)cc1Cl)N1CCN(CC2CC2)C(CCO)C1. The van der Waals surface area contributed by atoms with Gasteiger partial charge < -0.3 is 10.0 Å². The van der Waals surface area contributed by atoms with Crippen LogP contribution in [0.4, 0.5) is 4.39 Å². The van der Waals surface area contributed by atoms with Crippen molar-refractivity contribution in [3.05, 3.63) is 34.6 Å². The van der Waals surface area contributed by atoms with Gasteiger partial charge in [0, 0.05) is 43.9 Å². The molecule has 1 saturated heterocycles. The number of carbonyl (C=O) groups excluding carboxylic acids is 1. The number of piperazine rings is 1. The van der Waals surface area contributed by atoms with Crippen molar-refractivity contribution in [2.24, 2.45) is 5.92 Å². The Morgan fingerprint density at radius 2 is 2.12 bits per heavy atom. The lowest BCUT2D eigenvalue weighted by atomic mass is 10.1. The second kappa shape index (κ2) is 7.81. The van der Waals surface area contributed by atoms with Crippen LogP contribution < -0.4 is 0 Å². The molecule has 132 valence electrons. The Morgan fingerprint density at radius 3 is 2.79 bits per heavy atom. The zero-order valence-corrected chi connectivity index (χ0v) is 14.5. The van der Waals surface area contributed by atoms with Crippen LogP contribution in [0.25, 0.3) is 0 Å². The van der Waals surface area contributed by atoms with Crippen LogP contribution in [0.15, 0.2) is 18.2 Å². The summed E-state index contributed by atoms with van der Waals surface area (Å²) < 4.78 is 13.1. The highest BCUT2D eigenvalue weighted by Crippen LogP contribution is 2.31. The van der Waals surface area contributed by atoms with E-state index in [-0.39, 0.29) is 25.0 Å². The summed E-state index contributed by atoms with van der Waals surface area (Å²) in [5.41, 5.74) is 0.655. The van der Waals surface area contributed by atoms with Crippen LogP contribution in [0.2, 0.25) is 5.02 Å². The molecule has 1 aliphatic carbocycles. The lowest BCUT2D eigenvalue weighted by Gasteiger charge is -2.41. The quantitative estimate of drug-likeness (QED) is 0.852. The fourth-order valence-corrected chi connectivity index (χ4v) is 3.59. The molecular formula is C18H24ClFN2O2. The summed E-state index contributed by atoms with van der Waals surface area (Å²) in [7, 11) is 0. The third-order valence-electron chi connectivity index (χ3n) is 4.97. The van der Waals surface area contributed by atoms with Crippen LogP contribution in [-0.2, 0) is 11.2 Å². The molecule has 1 aromatic carbocycles. The van der Waals surface area contributed by atoms with Gasteiger partial charge in [0.05, 0.1) is 6.42 Å². The van der Waals surface area contributed by atoms with Gasteiger partial charge in [-0.25, -0.2) is 4.39 Å². The van der Waals surface area contributed by atoms with Gasteiger partial charge in [0.25, 0.3) is 0 Å². The van der Waals surface area contributed by atoms with E-state index in [2.05, 4.69) is 4.90 Å². The molecule has 1 heterocycles. The van der Waals surface area contributed by atoms with Gasteiger partial charge in [-0.1, -0.05) is 17.7 Å². The Labute approximate surface area is 147 Å². The summed E-state index contributed by atoms with van der Waals surface area (Å²) in [6.07, 6.45) is 3.48. The van der Waals surface area contributed by atoms with Crippen molar-refractivity contribution in [3.8, 4) is 0 Å². The number of benzene rings is 1. The van der Waals surface area contributed by atoms with Crippen LogP contribution >= 0.6 is 11.6 Å². The number of rotatable bonds is 6. The Balaban J connectivity index is 1.60. The average Bonchev–Trinajstić information content (AvgIpc) is 3.36. The molecule has 1 aromatic rings. The predicted octanol–water partition coefficient (Wildman–Crippen LogP) is 2.33. The van der Waals surface area contributed by atoms with Crippen LogP contribution in [0, 0.1) is 11.7 Å². The summed E-state index contributed by atoms with van der Waals surface area (Å²) >= 11 is 6.03. The molecule has 3 rings (SSSR count). The third-order valence-corrected chi connectivity index (χ3v) is 5.32. The molecule has 0 radical (unpaired) electrons. The minimum Gasteiger partial charge on any atom is -0.396 e. The number of hydrogen-bond donors (Lipinski definition) is 1. The smallest absolute Gasteiger partial charge is 0.227 e. The summed E-state index contributed by atoms with van der Waals surface area (Å²) in [5, 5.41) is 9.62. The Bertz CT molecular complexity index is 594. The van der Waals surface area contributed by atoms with Gasteiger partial charge in [-0.05, 0) is 42.9 Å².